The van der Waals surface area contributed by atoms with Crippen LogP contribution in [0.4, 0.5) is 0 Å². The molecule has 1 atom stereocenters. The highest BCUT2D eigenvalue weighted by atomic mass is 35.5. The summed E-state index contributed by atoms with van der Waals surface area (Å²) in [7, 11) is 1.86. The summed E-state index contributed by atoms with van der Waals surface area (Å²) in [6.45, 7) is 7.73. The Kier molecular flexibility index (Phi) is 9.84. The van der Waals surface area contributed by atoms with Gasteiger partial charge in [-0.3, -0.25) is 4.79 Å². The third-order valence-corrected chi connectivity index (χ3v) is 8.38. The molecule has 0 aromatic heterocycles. The van der Waals surface area contributed by atoms with E-state index in [9.17, 15) is 9.90 Å². The van der Waals surface area contributed by atoms with Crippen LogP contribution in [0.5, 0.6) is 0 Å². The van der Waals surface area contributed by atoms with Crippen LogP contribution in [0, 0.1) is 5.92 Å². The molecule has 34 heavy (non-hydrogen) atoms. The summed E-state index contributed by atoms with van der Waals surface area (Å²) in [5.74, 6) is 0.539. The molecule has 1 N–H and O–H groups in total. The van der Waals surface area contributed by atoms with Gasteiger partial charge in [-0.1, -0.05) is 61.3 Å². The molecule has 1 heterocycles. The zero-order valence-corrected chi connectivity index (χ0v) is 22.2. The summed E-state index contributed by atoms with van der Waals surface area (Å²) in [6.07, 6.45) is 4.61. The number of amides is 1. The van der Waals surface area contributed by atoms with Gasteiger partial charge in [0.25, 0.3) is 5.91 Å². The van der Waals surface area contributed by atoms with E-state index in [0.29, 0.717) is 28.1 Å². The molecule has 0 saturated carbocycles. The number of rotatable bonds is 10. The summed E-state index contributed by atoms with van der Waals surface area (Å²) < 4.78 is 0. The zero-order chi connectivity index (χ0) is 24.7. The zero-order valence-electron chi connectivity index (χ0n) is 20.6. The summed E-state index contributed by atoms with van der Waals surface area (Å²) in [5.41, 5.74) is 1.26. The SMILES string of the molecule is CCC(O)(CC)C1CCN(CC[C@H](CN(C)C(=O)c2ccccc2)c2ccc(Cl)c(Cl)c2)CC1. The minimum atomic E-state index is -0.533. The molecule has 1 aliphatic rings. The normalized spacial score (nSPS) is 16.4. The van der Waals surface area contributed by atoms with Gasteiger partial charge < -0.3 is 14.9 Å². The van der Waals surface area contributed by atoms with Crippen molar-refractivity contribution >= 4 is 29.1 Å². The van der Waals surface area contributed by atoms with Crippen LogP contribution in [0.1, 0.15) is 67.8 Å². The first-order valence-corrected chi connectivity index (χ1v) is 13.2. The molecule has 6 heteroatoms. The van der Waals surface area contributed by atoms with Crippen molar-refractivity contribution in [2.45, 2.75) is 57.5 Å². The van der Waals surface area contributed by atoms with Gasteiger partial charge in [-0.05, 0) is 87.5 Å². The average molecular weight is 506 g/mol. The molecule has 2 aromatic carbocycles. The van der Waals surface area contributed by atoms with Crippen LogP contribution in [0.3, 0.4) is 0 Å². The summed E-state index contributed by atoms with van der Waals surface area (Å²) >= 11 is 12.5. The van der Waals surface area contributed by atoms with Crippen LogP contribution in [-0.4, -0.2) is 59.6 Å². The molecule has 186 valence electrons. The Bertz CT molecular complexity index is 925. The highest BCUT2D eigenvalue weighted by Crippen LogP contribution is 2.34. The predicted octanol–water partition coefficient (Wildman–Crippen LogP) is 6.50. The number of aliphatic hydroxyl groups is 1. The van der Waals surface area contributed by atoms with E-state index < -0.39 is 5.60 Å². The molecule has 0 spiro atoms. The predicted molar refractivity (Wildman–Crippen MR) is 142 cm³/mol. The number of halogens is 2. The van der Waals surface area contributed by atoms with E-state index in [1.54, 1.807) is 4.90 Å². The highest BCUT2D eigenvalue weighted by Gasteiger charge is 2.35. The van der Waals surface area contributed by atoms with E-state index >= 15 is 0 Å². The molecule has 3 rings (SSSR count). The van der Waals surface area contributed by atoms with Crippen LogP contribution < -0.4 is 0 Å². The Labute approximate surface area is 214 Å². The van der Waals surface area contributed by atoms with Crippen LogP contribution >= 0.6 is 23.2 Å². The Morgan fingerprint density at radius 3 is 2.32 bits per heavy atom. The molecule has 0 aliphatic carbocycles. The number of benzene rings is 2. The fourth-order valence-electron chi connectivity index (χ4n) is 5.20. The minimum absolute atomic E-state index is 0.0184. The van der Waals surface area contributed by atoms with Crippen molar-refractivity contribution in [2.24, 2.45) is 5.92 Å². The van der Waals surface area contributed by atoms with Crippen molar-refractivity contribution < 1.29 is 9.90 Å². The number of piperidine rings is 1. The van der Waals surface area contributed by atoms with Crippen LogP contribution in [0.2, 0.25) is 10.0 Å². The third-order valence-electron chi connectivity index (χ3n) is 7.64. The average Bonchev–Trinajstić information content (AvgIpc) is 2.88. The van der Waals surface area contributed by atoms with Gasteiger partial charge >= 0.3 is 0 Å². The van der Waals surface area contributed by atoms with Gasteiger partial charge in [-0.2, -0.15) is 0 Å². The summed E-state index contributed by atoms with van der Waals surface area (Å²) in [6, 6.07) is 15.2. The molecule has 1 saturated heterocycles. The number of carbonyl (C=O) groups excluding carboxylic acids is 1. The molecular formula is C28H38Cl2N2O2. The minimum Gasteiger partial charge on any atom is -0.390 e. The first-order valence-electron chi connectivity index (χ1n) is 12.5. The van der Waals surface area contributed by atoms with E-state index in [1.165, 1.54) is 0 Å². The topological polar surface area (TPSA) is 43.8 Å². The Balaban J connectivity index is 1.66. The van der Waals surface area contributed by atoms with Gasteiger partial charge in [-0.15, -0.1) is 0 Å². The lowest BCUT2D eigenvalue weighted by Gasteiger charge is -2.41. The van der Waals surface area contributed by atoms with Crippen LogP contribution in [0.25, 0.3) is 0 Å². The molecule has 1 amide bonds. The molecule has 2 aromatic rings. The van der Waals surface area contributed by atoms with Crippen molar-refractivity contribution in [1.29, 1.82) is 0 Å². The lowest BCUT2D eigenvalue weighted by Crippen LogP contribution is -2.45. The van der Waals surface area contributed by atoms with E-state index in [0.717, 1.165) is 57.3 Å². The molecule has 1 aliphatic heterocycles. The second-order valence-electron chi connectivity index (χ2n) is 9.64. The monoisotopic (exact) mass is 504 g/mol. The number of carbonyl (C=O) groups is 1. The van der Waals surface area contributed by atoms with Crippen molar-refractivity contribution in [3.05, 3.63) is 69.7 Å². The first-order chi connectivity index (χ1) is 16.3. The molecule has 0 radical (unpaired) electrons. The Morgan fingerprint density at radius 2 is 1.74 bits per heavy atom. The maximum atomic E-state index is 13.0. The van der Waals surface area contributed by atoms with Gasteiger partial charge in [0.05, 0.1) is 15.6 Å². The lowest BCUT2D eigenvalue weighted by molar-refractivity contribution is -0.0491. The van der Waals surface area contributed by atoms with Crippen LogP contribution in [0.15, 0.2) is 48.5 Å². The number of likely N-dealkylation sites (N-methyl/N-ethyl adjacent to an activating group) is 1. The second-order valence-corrected chi connectivity index (χ2v) is 10.5. The Hall–Kier alpha value is -1.59. The first kappa shape index (κ1) is 27.0. The smallest absolute Gasteiger partial charge is 0.253 e. The standard InChI is InChI=1S/C28H38Cl2N2O2/c1-4-28(34,5-2)24-14-17-32(18-15-24)16-13-23(22-11-12-25(29)26(30)19-22)20-31(3)27(33)21-9-7-6-8-10-21/h6-12,19,23-24,34H,4-5,13-18,20H2,1-3H3/t23-/m1/s1. The highest BCUT2D eigenvalue weighted by molar-refractivity contribution is 6.42. The summed E-state index contributed by atoms with van der Waals surface area (Å²) in [5, 5.41) is 12.0. The molecular weight excluding hydrogens is 467 g/mol. The van der Waals surface area contributed by atoms with Gasteiger partial charge in [-0.25, -0.2) is 0 Å². The van der Waals surface area contributed by atoms with Gasteiger partial charge in [0.1, 0.15) is 0 Å². The van der Waals surface area contributed by atoms with E-state index in [4.69, 9.17) is 23.2 Å². The van der Waals surface area contributed by atoms with Gasteiger partial charge in [0, 0.05) is 25.1 Å². The molecule has 1 fully saturated rings. The van der Waals surface area contributed by atoms with Crippen molar-refractivity contribution in [3.63, 3.8) is 0 Å². The maximum Gasteiger partial charge on any atom is 0.253 e. The molecule has 4 nitrogen and oxygen atoms in total. The number of likely N-dealkylation sites (tertiary alicyclic amines) is 1. The van der Waals surface area contributed by atoms with Crippen molar-refractivity contribution in [1.82, 2.24) is 9.80 Å². The fraction of sp³-hybridized carbons (Fsp3) is 0.536. The van der Waals surface area contributed by atoms with Gasteiger partial charge in [0.15, 0.2) is 0 Å². The number of nitrogens with zero attached hydrogens (tertiary/aromatic N) is 2. The maximum absolute atomic E-state index is 13.0. The van der Waals surface area contributed by atoms with E-state index in [1.807, 2.05) is 55.6 Å². The van der Waals surface area contributed by atoms with Crippen LogP contribution in [-0.2, 0) is 0 Å². The van der Waals surface area contributed by atoms with Crippen molar-refractivity contribution in [3.8, 4) is 0 Å². The summed E-state index contributed by atoms with van der Waals surface area (Å²) in [4.78, 5) is 17.3. The largest absolute Gasteiger partial charge is 0.390 e. The lowest BCUT2D eigenvalue weighted by atomic mass is 9.77. The Morgan fingerprint density at radius 1 is 1.09 bits per heavy atom. The molecule has 0 bridgehead atoms. The number of hydrogen-bond donors (Lipinski definition) is 1. The second kappa shape index (κ2) is 12.4. The molecule has 0 unspecified atom stereocenters. The number of hydrogen-bond acceptors (Lipinski definition) is 3. The fourth-order valence-corrected chi connectivity index (χ4v) is 5.51. The van der Waals surface area contributed by atoms with Crippen molar-refractivity contribution in [2.75, 3.05) is 33.2 Å². The van der Waals surface area contributed by atoms with Gasteiger partial charge in [0.2, 0.25) is 0 Å². The van der Waals surface area contributed by atoms with E-state index in [2.05, 4.69) is 18.7 Å². The third kappa shape index (κ3) is 6.75. The quantitative estimate of drug-likeness (QED) is 0.401. The van der Waals surface area contributed by atoms with E-state index in [-0.39, 0.29) is 11.8 Å².